The van der Waals surface area contributed by atoms with E-state index in [-0.39, 0.29) is 0 Å². The second-order valence-corrected chi connectivity index (χ2v) is 3.81. The van der Waals surface area contributed by atoms with Crippen molar-refractivity contribution < 1.29 is 4.74 Å². The Morgan fingerprint density at radius 1 is 1.53 bits per heavy atom. The fraction of sp³-hybridized carbons (Fsp3) is 0.583. The van der Waals surface area contributed by atoms with Crippen molar-refractivity contribution in [1.82, 2.24) is 10.3 Å². The Morgan fingerprint density at radius 2 is 2.33 bits per heavy atom. The number of pyridine rings is 1. The Bertz CT molecular complexity index is 289. The average molecular weight is 208 g/mol. The zero-order chi connectivity index (χ0) is 11.1. The summed E-state index contributed by atoms with van der Waals surface area (Å²) < 4.78 is 5.04. The van der Waals surface area contributed by atoms with Gasteiger partial charge in [-0.3, -0.25) is 4.98 Å². The Morgan fingerprint density at radius 3 is 3.00 bits per heavy atom. The minimum absolute atomic E-state index is 0.476. The molecule has 0 aliphatic heterocycles. The van der Waals surface area contributed by atoms with E-state index < -0.39 is 0 Å². The second kappa shape index (κ2) is 6.53. The van der Waals surface area contributed by atoms with E-state index in [0.717, 1.165) is 25.3 Å². The molecule has 1 aromatic heterocycles. The first kappa shape index (κ1) is 12.1. The van der Waals surface area contributed by atoms with E-state index in [9.17, 15) is 0 Å². The summed E-state index contributed by atoms with van der Waals surface area (Å²) in [6.07, 6.45) is 2.86. The van der Waals surface area contributed by atoms with E-state index in [2.05, 4.69) is 23.3 Å². The zero-order valence-corrected chi connectivity index (χ0v) is 9.79. The van der Waals surface area contributed by atoms with Crippen LogP contribution in [0.25, 0.3) is 0 Å². The Kier molecular flexibility index (Phi) is 5.29. The molecule has 1 aromatic rings. The minimum atomic E-state index is 0.476. The molecule has 0 spiro atoms. The minimum Gasteiger partial charge on any atom is -0.385 e. The summed E-state index contributed by atoms with van der Waals surface area (Å²) in [4.78, 5) is 4.25. The van der Waals surface area contributed by atoms with Crippen LogP contribution < -0.4 is 5.32 Å². The molecule has 1 rings (SSSR count). The number of hydrogen-bond donors (Lipinski definition) is 1. The number of aromatic nitrogens is 1. The van der Waals surface area contributed by atoms with Gasteiger partial charge in [-0.05, 0) is 31.9 Å². The van der Waals surface area contributed by atoms with E-state index in [1.54, 1.807) is 7.11 Å². The molecule has 0 amide bonds. The maximum Gasteiger partial charge on any atom is 0.0476 e. The van der Waals surface area contributed by atoms with Crippen LogP contribution in [0.1, 0.15) is 24.6 Å². The molecule has 0 saturated carbocycles. The quantitative estimate of drug-likeness (QED) is 0.775. The molecule has 3 nitrogen and oxygen atoms in total. The van der Waals surface area contributed by atoms with Gasteiger partial charge in [0.05, 0.1) is 0 Å². The lowest BCUT2D eigenvalue weighted by atomic mass is 10.2. The number of rotatable bonds is 6. The summed E-state index contributed by atoms with van der Waals surface area (Å²) in [5.41, 5.74) is 2.37. The van der Waals surface area contributed by atoms with Crippen molar-refractivity contribution in [3.05, 3.63) is 29.6 Å². The summed E-state index contributed by atoms with van der Waals surface area (Å²) in [6.45, 7) is 5.90. The summed E-state index contributed by atoms with van der Waals surface area (Å²) in [7, 11) is 1.73. The lowest BCUT2D eigenvalue weighted by Crippen LogP contribution is -2.27. The molecule has 0 radical (unpaired) electrons. The molecule has 15 heavy (non-hydrogen) atoms. The third-order valence-corrected chi connectivity index (χ3v) is 2.51. The summed E-state index contributed by atoms with van der Waals surface area (Å²) in [5.74, 6) is 0. The highest BCUT2D eigenvalue weighted by Gasteiger charge is 2.02. The molecule has 0 saturated heterocycles. The van der Waals surface area contributed by atoms with Crippen LogP contribution in [0.5, 0.6) is 0 Å². The van der Waals surface area contributed by atoms with Crippen LogP contribution in [0.3, 0.4) is 0 Å². The zero-order valence-electron chi connectivity index (χ0n) is 9.79. The van der Waals surface area contributed by atoms with Gasteiger partial charge in [-0.15, -0.1) is 0 Å². The maximum atomic E-state index is 5.04. The number of nitrogens with zero attached hydrogens (tertiary/aromatic N) is 1. The Hall–Kier alpha value is -0.930. The van der Waals surface area contributed by atoms with Crippen molar-refractivity contribution in [2.24, 2.45) is 0 Å². The molecule has 84 valence electrons. The SMILES string of the molecule is COCCC(C)NCc1cccnc1C. The van der Waals surface area contributed by atoms with Gasteiger partial charge in [0.25, 0.3) is 0 Å². The van der Waals surface area contributed by atoms with E-state index in [4.69, 9.17) is 4.74 Å². The van der Waals surface area contributed by atoms with Gasteiger partial charge >= 0.3 is 0 Å². The molecule has 1 unspecified atom stereocenters. The monoisotopic (exact) mass is 208 g/mol. The van der Waals surface area contributed by atoms with Crippen LogP contribution in [-0.4, -0.2) is 24.7 Å². The van der Waals surface area contributed by atoms with Crippen molar-refractivity contribution in [1.29, 1.82) is 0 Å². The van der Waals surface area contributed by atoms with Gasteiger partial charge in [-0.25, -0.2) is 0 Å². The highest BCUT2D eigenvalue weighted by molar-refractivity contribution is 5.17. The van der Waals surface area contributed by atoms with Crippen LogP contribution in [0.15, 0.2) is 18.3 Å². The standard InChI is InChI=1S/C12H20N2O/c1-10(6-8-15-3)14-9-12-5-4-7-13-11(12)2/h4-5,7,10,14H,6,8-9H2,1-3H3. The number of hydrogen-bond acceptors (Lipinski definition) is 3. The van der Waals surface area contributed by atoms with Crippen LogP contribution in [0, 0.1) is 6.92 Å². The lowest BCUT2D eigenvalue weighted by Gasteiger charge is -2.13. The Labute approximate surface area is 91.9 Å². The van der Waals surface area contributed by atoms with Gasteiger partial charge in [0, 0.05) is 38.2 Å². The predicted octanol–water partition coefficient (Wildman–Crippen LogP) is 1.90. The molecule has 3 heteroatoms. The average Bonchev–Trinajstić information content (AvgIpc) is 2.25. The topological polar surface area (TPSA) is 34.1 Å². The van der Waals surface area contributed by atoms with Gasteiger partial charge in [0.15, 0.2) is 0 Å². The second-order valence-electron chi connectivity index (χ2n) is 3.81. The molecule has 0 fully saturated rings. The fourth-order valence-corrected chi connectivity index (χ4v) is 1.39. The lowest BCUT2D eigenvalue weighted by molar-refractivity contribution is 0.184. The highest BCUT2D eigenvalue weighted by Crippen LogP contribution is 2.03. The van der Waals surface area contributed by atoms with E-state index in [1.807, 2.05) is 19.2 Å². The fourth-order valence-electron chi connectivity index (χ4n) is 1.39. The van der Waals surface area contributed by atoms with Crippen molar-refractivity contribution >= 4 is 0 Å². The molecular weight excluding hydrogens is 188 g/mol. The third-order valence-electron chi connectivity index (χ3n) is 2.51. The van der Waals surface area contributed by atoms with E-state index >= 15 is 0 Å². The Balaban J connectivity index is 2.33. The van der Waals surface area contributed by atoms with Gasteiger partial charge in [0.2, 0.25) is 0 Å². The maximum absolute atomic E-state index is 5.04. The van der Waals surface area contributed by atoms with Crippen molar-refractivity contribution in [2.45, 2.75) is 32.9 Å². The summed E-state index contributed by atoms with van der Waals surface area (Å²) in [5, 5.41) is 3.45. The van der Waals surface area contributed by atoms with Gasteiger partial charge < -0.3 is 10.1 Å². The first-order valence-electron chi connectivity index (χ1n) is 5.37. The molecule has 1 heterocycles. The smallest absolute Gasteiger partial charge is 0.0476 e. The first-order valence-corrected chi connectivity index (χ1v) is 5.37. The summed E-state index contributed by atoms with van der Waals surface area (Å²) >= 11 is 0. The van der Waals surface area contributed by atoms with Crippen molar-refractivity contribution in [3.8, 4) is 0 Å². The number of nitrogens with one attached hydrogen (secondary N) is 1. The third kappa shape index (κ3) is 4.40. The largest absolute Gasteiger partial charge is 0.385 e. The molecule has 1 atom stereocenters. The first-order chi connectivity index (χ1) is 7.24. The summed E-state index contributed by atoms with van der Waals surface area (Å²) in [6, 6.07) is 4.56. The molecule has 0 bridgehead atoms. The van der Waals surface area contributed by atoms with Gasteiger partial charge in [0.1, 0.15) is 0 Å². The van der Waals surface area contributed by atoms with Crippen LogP contribution in [-0.2, 0) is 11.3 Å². The number of aryl methyl sites for hydroxylation is 1. The predicted molar refractivity (Wildman–Crippen MR) is 61.8 cm³/mol. The highest BCUT2D eigenvalue weighted by atomic mass is 16.5. The molecule has 0 aliphatic carbocycles. The van der Waals surface area contributed by atoms with Gasteiger partial charge in [-0.1, -0.05) is 6.07 Å². The van der Waals surface area contributed by atoms with Crippen molar-refractivity contribution in [2.75, 3.05) is 13.7 Å². The molecule has 0 aromatic carbocycles. The van der Waals surface area contributed by atoms with Crippen LogP contribution in [0.2, 0.25) is 0 Å². The van der Waals surface area contributed by atoms with E-state index in [1.165, 1.54) is 5.56 Å². The number of ether oxygens (including phenoxy) is 1. The van der Waals surface area contributed by atoms with E-state index in [0.29, 0.717) is 6.04 Å². The van der Waals surface area contributed by atoms with Crippen LogP contribution in [0.4, 0.5) is 0 Å². The molecule has 1 N–H and O–H groups in total. The van der Waals surface area contributed by atoms with Crippen molar-refractivity contribution in [3.63, 3.8) is 0 Å². The number of methoxy groups -OCH3 is 1. The molecular formula is C12H20N2O. The van der Waals surface area contributed by atoms with Gasteiger partial charge in [-0.2, -0.15) is 0 Å². The normalized spacial score (nSPS) is 12.7. The van der Waals surface area contributed by atoms with Crippen LogP contribution >= 0.6 is 0 Å². The molecule has 0 aliphatic rings.